The van der Waals surface area contributed by atoms with Crippen LogP contribution in [0.3, 0.4) is 0 Å². The molecule has 1 heteroatoms. The van der Waals surface area contributed by atoms with Crippen molar-refractivity contribution in [2.75, 3.05) is 0 Å². The number of allylic oxidation sites excluding steroid dienone is 3. The van der Waals surface area contributed by atoms with Crippen LogP contribution in [-0.2, 0) is 0 Å². The first-order valence-electron chi connectivity index (χ1n) is 4.79. The standard InChI is InChI=1S/C12H17Cl/c1-7-8(2)11(5)10(7,4)9(3)12(11,6)13/h3H2,1-2,4-6H3/t10-,11-,12-/m1/s1. The van der Waals surface area contributed by atoms with E-state index in [4.69, 9.17) is 11.6 Å². The number of hydrogen-bond donors (Lipinski definition) is 0. The third kappa shape index (κ3) is 0.536. The third-order valence-electron chi connectivity index (χ3n) is 5.17. The molecule has 1 saturated carbocycles. The molecule has 0 saturated heterocycles. The van der Waals surface area contributed by atoms with Gasteiger partial charge in [-0.05, 0) is 26.3 Å². The molecule has 0 aliphatic heterocycles. The average molecular weight is 197 g/mol. The Morgan fingerprint density at radius 2 is 1.54 bits per heavy atom. The zero-order chi connectivity index (χ0) is 10.2. The van der Waals surface area contributed by atoms with Crippen molar-refractivity contribution >= 4 is 11.6 Å². The predicted octanol–water partition coefficient (Wildman–Crippen LogP) is 3.92. The summed E-state index contributed by atoms with van der Waals surface area (Å²) >= 11 is 6.51. The van der Waals surface area contributed by atoms with E-state index in [0.29, 0.717) is 0 Å². The molecule has 2 aliphatic rings. The Labute approximate surface area is 85.7 Å². The molecule has 0 bridgehead atoms. The molecular weight excluding hydrogens is 180 g/mol. The fourth-order valence-corrected chi connectivity index (χ4v) is 4.02. The van der Waals surface area contributed by atoms with E-state index in [-0.39, 0.29) is 15.7 Å². The fourth-order valence-electron chi connectivity index (χ4n) is 3.50. The normalized spacial score (nSPS) is 54.2. The second-order valence-electron chi connectivity index (χ2n) is 4.98. The molecule has 0 spiro atoms. The smallest absolute Gasteiger partial charge is 0.0735 e. The lowest BCUT2D eigenvalue weighted by Crippen LogP contribution is -2.71. The van der Waals surface area contributed by atoms with Crippen molar-refractivity contribution in [1.29, 1.82) is 0 Å². The van der Waals surface area contributed by atoms with Crippen LogP contribution in [0.1, 0.15) is 34.6 Å². The largest absolute Gasteiger partial charge is 0.114 e. The molecule has 0 N–H and O–H groups in total. The Bertz CT molecular complexity index is 348. The average Bonchev–Trinajstić information content (AvgIpc) is 2.11. The third-order valence-corrected chi connectivity index (χ3v) is 5.78. The maximum atomic E-state index is 6.51. The summed E-state index contributed by atoms with van der Waals surface area (Å²) in [5.41, 5.74) is 4.43. The number of fused-ring (bicyclic) bond motifs is 1. The van der Waals surface area contributed by atoms with Crippen LogP contribution in [0.15, 0.2) is 23.3 Å². The van der Waals surface area contributed by atoms with Crippen molar-refractivity contribution in [3.63, 3.8) is 0 Å². The van der Waals surface area contributed by atoms with Gasteiger partial charge in [0.05, 0.1) is 4.87 Å². The Balaban J connectivity index is 2.63. The maximum Gasteiger partial charge on any atom is 0.0735 e. The molecule has 1 fully saturated rings. The van der Waals surface area contributed by atoms with Gasteiger partial charge in [0.25, 0.3) is 0 Å². The van der Waals surface area contributed by atoms with E-state index in [1.807, 2.05) is 0 Å². The number of alkyl halides is 1. The van der Waals surface area contributed by atoms with Crippen molar-refractivity contribution in [3.05, 3.63) is 23.3 Å². The van der Waals surface area contributed by atoms with Gasteiger partial charge in [-0.25, -0.2) is 0 Å². The molecule has 3 atom stereocenters. The lowest BCUT2D eigenvalue weighted by Gasteiger charge is -2.75. The van der Waals surface area contributed by atoms with Gasteiger partial charge in [-0.1, -0.05) is 31.6 Å². The summed E-state index contributed by atoms with van der Waals surface area (Å²) in [7, 11) is 0. The van der Waals surface area contributed by atoms with Crippen LogP contribution in [0.2, 0.25) is 0 Å². The van der Waals surface area contributed by atoms with E-state index in [9.17, 15) is 0 Å². The van der Waals surface area contributed by atoms with Gasteiger partial charge < -0.3 is 0 Å². The van der Waals surface area contributed by atoms with Crippen molar-refractivity contribution in [3.8, 4) is 0 Å². The second-order valence-corrected chi connectivity index (χ2v) is 5.74. The van der Waals surface area contributed by atoms with Crippen LogP contribution >= 0.6 is 11.6 Å². The Kier molecular flexibility index (Phi) is 1.37. The molecule has 2 aliphatic carbocycles. The first kappa shape index (κ1) is 9.33. The zero-order valence-corrected chi connectivity index (χ0v) is 9.84. The molecule has 0 amide bonds. The highest BCUT2D eigenvalue weighted by atomic mass is 35.5. The van der Waals surface area contributed by atoms with Gasteiger partial charge >= 0.3 is 0 Å². The van der Waals surface area contributed by atoms with E-state index in [2.05, 4.69) is 41.2 Å². The van der Waals surface area contributed by atoms with E-state index in [1.54, 1.807) is 0 Å². The van der Waals surface area contributed by atoms with Crippen molar-refractivity contribution in [2.24, 2.45) is 10.8 Å². The summed E-state index contributed by atoms with van der Waals surface area (Å²) < 4.78 is 0. The van der Waals surface area contributed by atoms with Gasteiger partial charge in [0.15, 0.2) is 0 Å². The van der Waals surface area contributed by atoms with Gasteiger partial charge in [-0.15, -0.1) is 11.6 Å². The molecule has 72 valence electrons. The van der Waals surface area contributed by atoms with E-state index in [1.165, 1.54) is 16.7 Å². The second kappa shape index (κ2) is 1.91. The van der Waals surface area contributed by atoms with Gasteiger partial charge in [-0.3, -0.25) is 0 Å². The van der Waals surface area contributed by atoms with E-state index >= 15 is 0 Å². The van der Waals surface area contributed by atoms with Crippen molar-refractivity contribution in [2.45, 2.75) is 39.5 Å². The van der Waals surface area contributed by atoms with Gasteiger partial charge in [0.2, 0.25) is 0 Å². The molecule has 0 unspecified atom stereocenters. The highest BCUT2D eigenvalue weighted by molar-refractivity contribution is 6.28. The van der Waals surface area contributed by atoms with Crippen LogP contribution in [0.5, 0.6) is 0 Å². The van der Waals surface area contributed by atoms with Gasteiger partial charge in [-0.2, -0.15) is 0 Å². The predicted molar refractivity (Wildman–Crippen MR) is 58.0 cm³/mol. The Hall–Kier alpha value is -0.230. The van der Waals surface area contributed by atoms with Gasteiger partial charge in [0, 0.05) is 10.8 Å². The Morgan fingerprint density at radius 3 is 1.92 bits per heavy atom. The minimum atomic E-state index is -0.231. The lowest BCUT2D eigenvalue weighted by atomic mass is 9.31. The summed E-state index contributed by atoms with van der Waals surface area (Å²) in [5, 5.41) is 0. The SMILES string of the molecule is C=C1[C@@]2(C)C(C)=C(C)[C@@]2(C)[C@]1(C)Cl. The number of rotatable bonds is 0. The first-order chi connectivity index (χ1) is 5.72. The van der Waals surface area contributed by atoms with Crippen LogP contribution in [0.25, 0.3) is 0 Å². The summed E-state index contributed by atoms with van der Waals surface area (Å²) in [4.78, 5) is -0.231. The Morgan fingerprint density at radius 1 is 1.08 bits per heavy atom. The summed E-state index contributed by atoms with van der Waals surface area (Å²) in [6, 6.07) is 0. The summed E-state index contributed by atoms with van der Waals surface area (Å²) in [6.45, 7) is 15.2. The molecular formula is C12H17Cl. The molecule has 0 aromatic carbocycles. The van der Waals surface area contributed by atoms with E-state index < -0.39 is 0 Å². The molecule has 0 aromatic heterocycles. The highest BCUT2D eigenvalue weighted by Crippen LogP contribution is 2.80. The van der Waals surface area contributed by atoms with Crippen molar-refractivity contribution < 1.29 is 0 Å². The maximum absolute atomic E-state index is 6.51. The minimum Gasteiger partial charge on any atom is -0.114 e. The van der Waals surface area contributed by atoms with Crippen LogP contribution in [-0.4, -0.2) is 4.87 Å². The number of halogens is 1. The van der Waals surface area contributed by atoms with Crippen molar-refractivity contribution in [1.82, 2.24) is 0 Å². The van der Waals surface area contributed by atoms with Crippen LogP contribution < -0.4 is 0 Å². The zero-order valence-electron chi connectivity index (χ0n) is 9.09. The quantitative estimate of drug-likeness (QED) is 0.407. The molecule has 0 radical (unpaired) electrons. The molecule has 2 rings (SSSR count). The highest BCUT2D eigenvalue weighted by Gasteiger charge is 2.75. The topological polar surface area (TPSA) is 0 Å². The minimum absolute atomic E-state index is 0.142. The first-order valence-corrected chi connectivity index (χ1v) is 5.17. The molecule has 0 heterocycles. The fraction of sp³-hybridized carbons (Fsp3) is 0.667. The summed E-state index contributed by atoms with van der Waals surface area (Å²) in [5.74, 6) is 0. The van der Waals surface area contributed by atoms with E-state index in [0.717, 1.165) is 0 Å². The summed E-state index contributed by atoms with van der Waals surface area (Å²) in [6.07, 6.45) is 0. The monoisotopic (exact) mass is 196 g/mol. The molecule has 13 heavy (non-hydrogen) atoms. The van der Waals surface area contributed by atoms with Crippen LogP contribution in [0, 0.1) is 10.8 Å². The van der Waals surface area contributed by atoms with Gasteiger partial charge in [0.1, 0.15) is 0 Å². The molecule has 0 nitrogen and oxygen atoms in total. The molecule has 0 aromatic rings. The lowest BCUT2D eigenvalue weighted by molar-refractivity contribution is 0.00998. The number of hydrogen-bond acceptors (Lipinski definition) is 0. The van der Waals surface area contributed by atoms with Crippen LogP contribution in [0.4, 0.5) is 0 Å².